The molecular formula is C23H21BrN2O3S. The monoisotopic (exact) mass is 484 g/mol. The fourth-order valence-electron chi connectivity index (χ4n) is 3.42. The molecule has 0 aliphatic carbocycles. The lowest BCUT2D eigenvalue weighted by molar-refractivity contribution is 0.370. The van der Waals surface area contributed by atoms with Gasteiger partial charge < -0.3 is 4.74 Å². The number of rotatable bonds is 5. The van der Waals surface area contributed by atoms with Crippen molar-refractivity contribution in [2.75, 3.05) is 7.11 Å². The van der Waals surface area contributed by atoms with E-state index in [-0.39, 0.29) is 4.90 Å². The summed E-state index contributed by atoms with van der Waals surface area (Å²) in [6, 6.07) is 21.6. The van der Waals surface area contributed by atoms with Gasteiger partial charge in [-0.05, 0) is 54.4 Å². The fraction of sp³-hybridized carbons (Fsp3) is 0.174. The van der Waals surface area contributed by atoms with E-state index in [2.05, 4.69) is 21.0 Å². The van der Waals surface area contributed by atoms with Gasteiger partial charge in [0.2, 0.25) is 0 Å². The second-order valence-electron chi connectivity index (χ2n) is 7.14. The molecule has 1 aliphatic heterocycles. The highest BCUT2D eigenvalue weighted by molar-refractivity contribution is 9.10. The summed E-state index contributed by atoms with van der Waals surface area (Å²) < 4.78 is 34.4. The number of hydrazone groups is 1. The van der Waals surface area contributed by atoms with Gasteiger partial charge in [-0.1, -0.05) is 57.9 Å². The van der Waals surface area contributed by atoms with Crippen molar-refractivity contribution in [3.63, 3.8) is 0 Å². The minimum atomic E-state index is -3.81. The molecule has 0 bridgehead atoms. The number of ether oxygens (including phenoxy) is 1. The van der Waals surface area contributed by atoms with Crippen LogP contribution in [0.15, 0.2) is 87.3 Å². The number of aryl methyl sites for hydroxylation is 1. The van der Waals surface area contributed by atoms with Gasteiger partial charge in [-0.15, -0.1) is 0 Å². The zero-order chi connectivity index (χ0) is 21.3. The summed E-state index contributed by atoms with van der Waals surface area (Å²) in [4.78, 5) is 0.229. The lowest BCUT2D eigenvalue weighted by Crippen LogP contribution is -2.27. The molecule has 0 N–H and O–H groups in total. The molecule has 154 valence electrons. The van der Waals surface area contributed by atoms with E-state index < -0.39 is 16.1 Å². The highest BCUT2D eigenvalue weighted by Gasteiger charge is 2.37. The van der Waals surface area contributed by atoms with Crippen LogP contribution in [0.3, 0.4) is 0 Å². The summed E-state index contributed by atoms with van der Waals surface area (Å²) in [6.07, 6.45) is 0.485. The molecule has 0 aromatic heterocycles. The van der Waals surface area contributed by atoms with Crippen molar-refractivity contribution in [2.24, 2.45) is 5.10 Å². The first-order valence-corrected chi connectivity index (χ1v) is 11.7. The Labute approximate surface area is 185 Å². The topological polar surface area (TPSA) is 59.0 Å². The fourth-order valence-corrected chi connectivity index (χ4v) is 5.12. The molecule has 0 spiro atoms. The molecule has 0 radical (unpaired) electrons. The summed E-state index contributed by atoms with van der Waals surface area (Å²) in [6.45, 7) is 1.93. The second-order valence-corrected chi connectivity index (χ2v) is 9.85. The number of hydrogen-bond donors (Lipinski definition) is 0. The van der Waals surface area contributed by atoms with Gasteiger partial charge in [-0.25, -0.2) is 0 Å². The maximum atomic E-state index is 13.5. The molecule has 3 aromatic rings. The largest absolute Gasteiger partial charge is 0.497 e. The Morgan fingerprint density at radius 1 is 0.967 bits per heavy atom. The molecule has 7 heteroatoms. The van der Waals surface area contributed by atoms with Crippen LogP contribution in [0.25, 0.3) is 0 Å². The van der Waals surface area contributed by atoms with Crippen LogP contribution in [0.2, 0.25) is 0 Å². The van der Waals surface area contributed by atoms with Gasteiger partial charge in [-0.2, -0.15) is 17.9 Å². The van der Waals surface area contributed by atoms with Crippen LogP contribution < -0.4 is 4.74 Å². The first kappa shape index (κ1) is 20.6. The maximum absolute atomic E-state index is 13.5. The van der Waals surface area contributed by atoms with Gasteiger partial charge >= 0.3 is 0 Å². The van der Waals surface area contributed by atoms with Gasteiger partial charge in [0.05, 0.1) is 23.8 Å². The molecule has 1 atom stereocenters. The van der Waals surface area contributed by atoms with Crippen LogP contribution in [-0.2, 0) is 10.0 Å². The van der Waals surface area contributed by atoms with Crippen molar-refractivity contribution in [1.29, 1.82) is 0 Å². The molecule has 0 amide bonds. The van der Waals surface area contributed by atoms with Crippen LogP contribution in [0.5, 0.6) is 5.75 Å². The van der Waals surface area contributed by atoms with Gasteiger partial charge in [0, 0.05) is 10.9 Å². The molecule has 0 saturated heterocycles. The standard InChI is InChI=1S/C23H21BrN2O3S/c1-16-3-13-21(14-4-16)30(27,28)26-23(18-7-11-20(29-2)12-8-18)15-22(25-26)17-5-9-19(24)10-6-17/h3-14,23H,15H2,1-2H3/t23-/m0/s1. The molecule has 0 unspecified atom stereocenters. The Hall–Kier alpha value is -2.64. The van der Waals surface area contributed by atoms with Gasteiger partial charge in [0.1, 0.15) is 5.75 Å². The minimum Gasteiger partial charge on any atom is -0.497 e. The van der Waals surface area contributed by atoms with Crippen LogP contribution >= 0.6 is 15.9 Å². The van der Waals surface area contributed by atoms with Crippen molar-refractivity contribution < 1.29 is 13.2 Å². The smallest absolute Gasteiger partial charge is 0.279 e. The number of methoxy groups -OCH3 is 1. The first-order valence-electron chi connectivity index (χ1n) is 9.47. The van der Waals surface area contributed by atoms with Crippen LogP contribution in [0, 0.1) is 6.92 Å². The number of nitrogens with zero attached hydrogens (tertiary/aromatic N) is 2. The van der Waals surface area contributed by atoms with Crippen LogP contribution in [0.4, 0.5) is 0 Å². The number of halogens is 1. The van der Waals surface area contributed by atoms with Crippen molar-refractivity contribution >= 4 is 31.7 Å². The maximum Gasteiger partial charge on any atom is 0.279 e. The van der Waals surface area contributed by atoms with Crippen LogP contribution in [-0.4, -0.2) is 25.7 Å². The molecular weight excluding hydrogens is 464 g/mol. The van der Waals surface area contributed by atoms with E-state index in [4.69, 9.17) is 4.74 Å². The van der Waals surface area contributed by atoms with Gasteiger partial charge in [-0.3, -0.25) is 0 Å². The highest BCUT2D eigenvalue weighted by atomic mass is 79.9. The number of hydrogen-bond acceptors (Lipinski definition) is 4. The van der Waals surface area contributed by atoms with Crippen molar-refractivity contribution in [3.05, 3.63) is 94.0 Å². The Balaban J connectivity index is 1.78. The summed E-state index contributed by atoms with van der Waals surface area (Å²) in [7, 11) is -2.21. The predicted molar refractivity (Wildman–Crippen MR) is 121 cm³/mol. The van der Waals surface area contributed by atoms with E-state index in [1.807, 2.05) is 55.5 Å². The molecule has 0 saturated carbocycles. The molecule has 1 aliphatic rings. The second kappa shape index (κ2) is 8.24. The Bertz CT molecular complexity index is 1170. The van der Waals surface area contributed by atoms with Crippen molar-refractivity contribution in [1.82, 2.24) is 4.41 Å². The minimum absolute atomic E-state index is 0.229. The average molecular weight is 485 g/mol. The number of benzene rings is 3. The molecule has 3 aromatic carbocycles. The summed E-state index contributed by atoms with van der Waals surface area (Å²) in [5.41, 5.74) is 3.50. The zero-order valence-electron chi connectivity index (χ0n) is 16.6. The van der Waals surface area contributed by atoms with E-state index in [0.717, 1.165) is 32.6 Å². The molecule has 30 heavy (non-hydrogen) atoms. The summed E-state index contributed by atoms with van der Waals surface area (Å²) >= 11 is 3.44. The molecule has 1 heterocycles. The third kappa shape index (κ3) is 4.00. The third-order valence-corrected chi connectivity index (χ3v) is 7.34. The van der Waals surface area contributed by atoms with Gasteiger partial charge in [0.25, 0.3) is 10.0 Å². The van der Waals surface area contributed by atoms with Gasteiger partial charge in [0.15, 0.2) is 0 Å². The van der Waals surface area contributed by atoms with Crippen molar-refractivity contribution in [3.8, 4) is 5.75 Å². The van der Waals surface area contributed by atoms with E-state index in [9.17, 15) is 8.42 Å². The molecule has 0 fully saturated rings. The lowest BCUT2D eigenvalue weighted by atomic mass is 9.99. The molecule has 4 rings (SSSR count). The SMILES string of the molecule is COc1ccc([C@@H]2CC(c3ccc(Br)cc3)=NN2S(=O)(=O)c2ccc(C)cc2)cc1. The Kier molecular flexibility index (Phi) is 5.66. The van der Waals surface area contributed by atoms with E-state index >= 15 is 0 Å². The Morgan fingerprint density at radius 3 is 2.20 bits per heavy atom. The quantitative estimate of drug-likeness (QED) is 0.493. The normalized spacial score (nSPS) is 16.4. The van der Waals surface area contributed by atoms with E-state index in [1.54, 1.807) is 31.4 Å². The van der Waals surface area contributed by atoms with Crippen LogP contribution in [0.1, 0.15) is 29.2 Å². The van der Waals surface area contributed by atoms with E-state index in [1.165, 1.54) is 4.41 Å². The predicted octanol–water partition coefficient (Wildman–Crippen LogP) is 5.31. The third-order valence-electron chi connectivity index (χ3n) is 5.12. The average Bonchev–Trinajstić information content (AvgIpc) is 3.21. The lowest BCUT2D eigenvalue weighted by Gasteiger charge is -2.23. The summed E-state index contributed by atoms with van der Waals surface area (Å²) in [5, 5.41) is 4.57. The van der Waals surface area contributed by atoms with Crippen molar-refractivity contribution in [2.45, 2.75) is 24.3 Å². The zero-order valence-corrected chi connectivity index (χ0v) is 19.0. The van der Waals surface area contributed by atoms with E-state index in [0.29, 0.717) is 6.42 Å². The summed E-state index contributed by atoms with van der Waals surface area (Å²) in [5.74, 6) is 0.721. The highest BCUT2D eigenvalue weighted by Crippen LogP contribution is 2.37. The molecule has 5 nitrogen and oxygen atoms in total. The first-order chi connectivity index (χ1) is 14.4. The Morgan fingerprint density at radius 2 is 1.60 bits per heavy atom. The number of sulfonamides is 1.